The second-order valence-corrected chi connectivity index (χ2v) is 25.5. The molecule has 14 aromatic rings. The molecule has 5 heterocycles. The van der Waals surface area contributed by atoms with Gasteiger partial charge in [0.05, 0.1) is 16.6 Å². The first kappa shape index (κ1) is 49.0. The molecular formula is C72H61N5OPt. The van der Waals surface area contributed by atoms with E-state index in [9.17, 15) is 0 Å². The van der Waals surface area contributed by atoms with E-state index in [0.717, 1.165) is 65.5 Å². The number of para-hydroxylation sites is 5. The quantitative estimate of drug-likeness (QED) is 0.160. The van der Waals surface area contributed by atoms with Gasteiger partial charge >= 0.3 is 371 Å². The van der Waals surface area contributed by atoms with Crippen molar-refractivity contribution < 1.29 is 24.1 Å². The van der Waals surface area contributed by atoms with Crippen LogP contribution in [0, 0.1) is 3.80 Å². The molecule has 79 heavy (non-hydrogen) atoms. The molecule has 0 amide bonds. The van der Waals surface area contributed by atoms with E-state index in [2.05, 4.69) is 294 Å². The van der Waals surface area contributed by atoms with Crippen LogP contribution in [0.1, 0.15) is 79.0 Å². The van der Waals surface area contributed by atoms with Crippen LogP contribution in [0.25, 0.3) is 110 Å². The number of hydrogen-bond acceptors (Lipinski definition) is 2. The van der Waals surface area contributed by atoms with Crippen LogP contribution in [0.5, 0.6) is 11.5 Å². The Morgan fingerprint density at radius 2 is 0.949 bits per heavy atom. The van der Waals surface area contributed by atoms with Crippen molar-refractivity contribution >= 4 is 70.9 Å². The molecule has 7 heteroatoms. The Morgan fingerprint density at radius 3 is 1.65 bits per heavy atom. The Bertz CT molecular complexity index is 4790. The summed E-state index contributed by atoms with van der Waals surface area (Å²) < 4.78 is 17.9. The minimum atomic E-state index is -0.195. The van der Waals surface area contributed by atoms with Crippen LogP contribution in [-0.2, 0) is 35.6 Å². The molecule has 0 bridgehead atoms. The SMILES string of the molecule is CC(C)(C)c1cc(Oc2ccc3c4cc5c6cccc7c8ccccc8n(c5cc4n(-c4ccccn4)c3c2)c76)cc(-n2[c](=[Pt])n(-c3c(-c4ccccc4)cccc3-c3cc(C(C)(C)C)cc(C(C)(C)C)c3)c3ccccc32)c1. The fourth-order valence-electron chi connectivity index (χ4n) is 12.1. The number of hydrogen-bond donors (Lipinski definition) is 0. The molecule has 0 unspecified atom stereocenters. The van der Waals surface area contributed by atoms with E-state index in [4.69, 9.17) is 9.72 Å². The van der Waals surface area contributed by atoms with Crippen molar-refractivity contribution in [2.75, 3.05) is 0 Å². The second kappa shape index (κ2) is 17.9. The van der Waals surface area contributed by atoms with E-state index in [1.165, 1.54) is 76.9 Å². The van der Waals surface area contributed by atoms with Gasteiger partial charge in [-0.05, 0) is 12.1 Å². The first-order valence-electron chi connectivity index (χ1n) is 27.4. The van der Waals surface area contributed by atoms with Crippen molar-refractivity contribution in [1.29, 1.82) is 0 Å². The summed E-state index contributed by atoms with van der Waals surface area (Å²) in [5.41, 5.74) is 18.4. The first-order valence-corrected chi connectivity index (χ1v) is 28.6. The van der Waals surface area contributed by atoms with Crippen molar-refractivity contribution in [1.82, 2.24) is 23.1 Å². The normalized spacial score (nSPS) is 12.7. The van der Waals surface area contributed by atoms with Gasteiger partial charge in [0.25, 0.3) is 0 Å². The van der Waals surface area contributed by atoms with Crippen molar-refractivity contribution in [3.8, 4) is 50.9 Å². The maximum atomic E-state index is 7.19. The van der Waals surface area contributed by atoms with Gasteiger partial charge in [0, 0.05) is 27.7 Å². The number of nitrogens with zero attached hydrogens (tertiary/aromatic N) is 5. The minimum absolute atomic E-state index is 0.0494. The van der Waals surface area contributed by atoms with Gasteiger partial charge in [0.15, 0.2) is 0 Å². The van der Waals surface area contributed by atoms with Gasteiger partial charge in [-0.3, -0.25) is 0 Å². The van der Waals surface area contributed by atoms with E-state index in [1.54, 1.807) is 0 Å². The number of fused-ring (bicyclic) bond motifs is 10. The van der Waals surface area contributed by atoms with Crippen LogP contribution in [0.4, 0.5) is 0 Å². The molecule has 0 spiro atoms. The van der Waals surface area contributed by atoms with E-state index in [0.29, 0.717) is 0 Å². The summed E-state index contributed by atoms with van der Waals surface area (Å²) in [6.45, 7) is 20.8. The zero-order valence-electron chi connectivity index (χ0n) is 46.1. The van der Waals surface area contributed by atoms with Crippen LogP contribution in [0.15, 0.2) is 206 Å². The van der Waals surface area contributed by atoms with Gasteiger partial charge in [-0.15, -0.1) is 0 Å². The monoisotopic (exact) mass is 1210 g/mol. The van der Waals surface area contributed by atoms with Crippen molar-refractivity contribution in [2.45, 2.75) is 78.6 Å². The van der Waals surface area contributed by atoms with Crippen LogP contribution in [0.2, 0.25) is 0 Å². The van der Waals surface area contributed by atoms with Crippen LogP contribution in [-0.4, -0.2) is 23.1 Å². The van der Waals surface area contributed by atoms with Crippen molar-refractivity contribution in [3.05, 3.63) is 227 Å². The third-order valence-corrected chi connectivity index (χ3v) is 17.3. The topological polar surface area (TPSA) is 41.3 Å². The molecule has 0 aliphatic heterocycles. The molecule has 0 atom stereocenters. The summed E-state index contributed by atoms with van der Waals surface area (Å²) in [7, 11) is 0. The Labute approximate surface area is 471 Å². The van der Waals surface area contributed by atoms with Gasteiger partial charge < -0.3 is 4.40 Å². The summed E-state index contributed by atoms with van der Waals surface area (Å²) in [4.78, 5) is 4.97. The number of aromatic nitrogens is 5. The fraction of sp³-hybridized carbons (Fsp3) is 0.167. The zero-order valence-corrected chi connectivity index (χ0v) is 48.4. The molecule has 390 valence electrons. The van der Waals surface area contributed by atoms with Crippen LogP contribution >= 0.6 is 0 Å². The Balaban J connectivity index is 0.960. The van der Waals surface area contributed by atoms with Crippen LogP contribution < -0.4 is 4.74 Å². The molecule has 9 aromatic carbocycles. The Morgan fingerprint density at radius 1 is 0.380 bits per heavy atom. The summed E-state index contributed by atoms with van der Waals surface area (Å²) in [5.74, 6) is 2.36. The molecule has 0 saturated carbocycles. The third kappa shape index (κ3) is 7.93. The predicted molar refractivity (Wildman–Crippen MR) is 326 cm³/mol. The molecule has 14 rings (SSSR count). The molecule has 0 fully saturated rings. The number of ether oxygens (including phenoxy) is 1. The maximum absolute atomic E-state index is 7.19. The molecule has 0 radical (unpaired) electrons. The molecule has 6 nitrogen and oxygen atoms in total. The van der Waals surface area contributed by atoms with E-state index >= 15 is 0 Å². The summed E-state index contributed by atoms with van der Waals surface area (Å²) >= 11 is 2.57. The molecule has 0 N–H and O–H groups in total. The van der Waals surface area contributed by atoms with Crippen LogP contribution in [0.3, 0.4) is 0 Å². The number of rotatable bonds is 7. The molecule has 0 aliphatic carbocycles. The second-order valence-electron chi connectivity index (χ2n) is 24.5. The Hall–Kier alpha value is -8.31. The molecule has 0 aliphatic rings. The molecule has 0 saturated heterocycles. The first-order chi connectivity index (χ1) is 38.0. The molecular weight excluding hydrogens is 1150 g/mol. The summed E-state index contributed by atoms with van der Waals surface area (Å²) in [5, 5.41) is 7.36. The average Bonchev–Trinajstić information content (AvgIpc) is 3.36. The van der Waals surface area contributed by atoms with Gasteiger partial charge in [-0.25, -0.2) is 0 Å². The van der Waals surface area contributed by atoms with Gasteiger partial charge in [0.2, 0.25) is 0 Å². The van der Waals surface area contributed by atoms with Crippen molar-refractivity contribution in [3.63, 3.8) is 0 Å². The van der Waals surface area contributed by atoms with Gasteiger partial charge in [-0.1, -0.05) is 42.5 Å². The van der Waals surface area contributed by atoms with E-state index in [-0.39, 0.29) is 16.2 Å². The summed E-state index contributed by atoms with van der Waals surface area (Å²) in [6.07, 6.45) is 1.88. The van der Waals surface area contributed by atoms with Gasteiger partial charge in [-0.2, -0.15) is 0 Å². The number of imidazole rings is 1. The zero-order chi connectivity index (χ0) is 54.3. The average molecular weight is 1210 g/mol. The third-order valence-electron chi connectivity index (χ3n) is 16.2. The fourth-order valence-corrected chi connectivity index (χ4v) is 13.2. The standard InChI is InChI=1S/C72H61N5O.Pt/c1-70(2,3)47-35-46(36-48(37-47)71(4,5)6)54-25-19-24-53(45-21-11-10-12-22-45)68(54)75-44-74(62-29-15-16-30-63(62)75)50-38-49(72(7,8)9)39-52(40-50)78-51-32-33-56-59-42-60-58-27-20-26-57-55-23-13-14-28-61(55)77(69(57)58)66(60)43-65(59)76(64(56)41-51)67-31-17-18-34-73-67;/h10-43H,1-9H3;. The number of pyridine rings is 1. The van der Waals surface area contributed by atoms with Gasteiger partial charge in [0.1, 0.15) is 0 Å². The summed E-state index contributed by atoms with van der Waals surface area (Å²) in [6, 6.07) is 73.5. The number of benzene rings is 9. The van der Waals surface area contributed by atoms with Crippen molar-refractivity contribution in [2.24, 2.45) is 0 Å². The Kier molecular flexibility index (Phi) is 11.1. The van der Waals surface area contributed by atoms with E-state index in [1.807, 2.05) is 12.3 Å². The predicted octanol–water partition coefficient (Wildman–Crippen LogP) is 19.2. The molecule has 5 aromatic heterocycles. The van der Waals surface area contributed by atoms with E-state index < -0.39 is 0 Å².